The van der Waals surface area contributed by atoms with Crippen LogP contribution in [-0.2, 0) is 6.54 Å². The molecule has 0 saturated heterocycles. The molecule has 1 fully saturated rings. The summed E-state index contributed by atoms with van der Waals surface area (Å²) in [7, 11) is 0. The summed E-state index contributed by atoms with van der Waals surface area (Å²) in [6.07, 6.45) is 6.89. The van der Waals surface area contributed by atoms with E-state index < -0.39 is 5.91 Å². The third-order valence-corrected chi connectivity index (χ3v) is 5.16. The average molecular weight is 488 g/mol. The van der Waals surface area contributed by atoms with Gasteiger partial charge < -0.3 is 21.5 Å². The maximum absolute atomic E-state index is 11.3. The number of guanidine groups is 1. The summed E-state index contributed by atoms with van der Waals surface area (Å²) in [6.45, 7) is 4.34. The number of amides is 1. The van der Waals surface area contributed by atoms with Crippen molar-refractivity contribution < 1.29 is 9.90 Å². The molecule has 1 saturated carbocycles. The zero-order valence-corrected chi connectivity index (χ0v) is 18.5. The maximum Gasteiger partial charge on any atom is 0.248 e. The van der Waals surface area contributed by atoms with Crippen molar-refractivity contribution >= 4 is 35.8 Å². The Kier molecular flexibility index (Phi) is 10.7. The predicted octanol–water partition coefficient (Wildman–Crippen LogP) is 2.79. The number of rotatable bonds is 8. The molecule has 5 N–H and O–H groups in total. The van der Waals surface area contributed by atoms with Crippen LogP contribution >= 0.6 is 24.0 Å². The SMILES string of the molecule is CCNC(=NCc1cccc(C(N)=O)c1)NCC1(CCO)CCCCC1.I. The van der Waals surface area contributed by atoms with E-state index in [0.717, 1.165) is 43.9 Å². The molecule has 7 heteroatoms. The molecule has 0 heterocycles. The van der Waals surface area contributed by atoms with Gasteiger partial charge in [-0.05, 0) is 49.3 Å². The fraction of sp³-hybridized carbons (Fsp3) is 0.600. The molecule has 0 aromatic heterocycles. The van der Waals surface area contributed by atoms with E-state index in [0.29, 0.717) is 12.1 Å². The van der Waals surface area contributed by atoms with Crippen molar-refractivity contribution in [1.82, 2.24) is 10.6 Å². The number of aliphatic hydroxyl groups excluding tert-OH is 1. The molecule has 6 nitrogen and oxygen atoms in total. The van der Waals surface area contributed by atoms with Crippen molar-refractivity contribution in [3.05, 3.63) is 35.4 Å². The van der Waals surface area contributed by atoms with E-state index in [4.69, 9.17) is 5.73 Å². The first kappa shape index (κ1) is 23.7. The molecule has 1 aliphatic carbocycles. The van der Waals surface area contributed by atoms with Gasteiger partial charge in [0.1, 0.15) is 0 Å². The second-order valence-electron chi connectivity index (χ2n) is 7.15. The number of primary amides is 1. The number of nitrogens with one attached hydrogen (secondary N) is 2. The van der Waals surface area contributed by atoms with Crippen LogP contribution in [-0.4, -0.2) is 36.7 Å². The monoisotopic (exact) mass is 488 g/mol. The first-order valence-corrected chi connectivity index (χ1v) is 9.60. The van der Waals surface area contributed by atoms with Gasteiger partial charge in [-0.2, -0.15) is 0 Å². The predicted molar refractivity (Wildman–Crippen MR) is 120 cm³/mol. The largest absolute Gasteiger partial charge is 0.396 e. The Morgan fingerprint density at radius 3 is 2.63 bits per heavy atom. The van der Waals surface area contributed by atoms with Gasteiger partial charge in [-0.15, -0.1) is 24.0 Å². The number of aliphatic imine (C=N–C) groups is 1. The summed E-state index contributed by atoms with van der Waals surface area (Å²) in [6, 6.07) is 7.25. The summed E-state index contributed by atoms with van der Waals surface area (Å²) in [4.78, 5) is 15.9. The second kappa shape index (κ2) is 12.2. The zero-order valence-electron chi connectivity index (χ0n) is 16.2. The van der Waals surface area contributed by atoms with Gasteiger partial charge in [0.15, 0.2) is 5.96 Å². The molecule has 0 bridgehead atoms. The molecule has 1 aliphatic rings. The lowest BCUT2D eigenvalue weighted by molar-refractivity contribution is 0.1000. The standard InChI is InChI=1S/C20H32N4O2.HI/c1-2-22-19(23-14-16-7-6-8-17(13-16)18(21)26)24-15-20(11-12-25)9-4-3-5-10-20;/h6-8,13,25H,2-5,9-12,14-15H2,1H3,(H2,21,26)(H2,22,23,24);1H. The highest BCUT2D eigenvalue weighted by atomic mass is 127. The molecule has 0 aliphatic heterocycles. The molecule has 152 valence electrons. The van der Waals surface area contributed by atoms with E-state index in [2.05, 4.69) is 15.6 Å². The number of nitrogens with zero attached hydrogens (tertiary/aromatic N) is 1. The van der Waals surface area contributed by atoms with Gasteiger partial charge in [0.25, 0.3) is 0 Å². The minimum Gasteiger partial charge on any atom is -0.396 e. The lowest BCUT2D eigenvalue weighted by atomic mass is 9.72. The van der Waals surface area contributed by atoms with Crippen LogP contribution in [0.25, 0.3) is 0 Å². The highest BCUT2D eigenvalue weighted by molar-refractivity contribution is 14.0. The molecule has 1 aromatic rings. The Labute approximate surface area is 179 Å². The van der Waals surface area contributed by atoms with Crippen LogP contribution in [0.2, 0.25) is 0 Å². The fourth-order valence-electron chi connectivity index (χ4n) is 3.66. The maximum atomic E-state index is 11.3. The molecule has 1 aromatic carbocycles. The van der Waals surface area contributed by atoms with Crippen molar-refractivity contribution in [1.29, 1.82) is 0 Å². The van der Waals surface area contributed by atoms with E-state index in [1.165, 1.54) is 19.3 Å². The summed E-state index contributed by atoms with van der Waals surface area (Å²) in [5.41, 5.74) is 6.95. The number of hydrogen-bond acceptors (Lipinski definition) is 3. The normalized spacial score (nSPS) is 16.3. The summed E-state index contributed by atoms with van der Waals surface area (Å²) in [5, 5.41) is 16.2. The lowest BCUT2D eigenvalue weighted by Crippen LogP contribution is -2.44. The molecule has 1 amide bonds. The van der Waals surface area contributed by atoms with Gasteiger partial charge in [0, 0.05) is 25.3 Å². The van der Waals surface area contributed by atoms with Crippen molar-refractivity contribution in [2.24, 2.45) is 16.1 Å². The van der Waals surface area contributed by atoms with Crippen molar-refractivity contribution in [3.63, 3.8) is 0 Å². The van der Waals surface area contributed by atoms with Crippen molar-refractivity contribution in [2.75, 3.05) is 19.7 Å². The Balaban J connectivity index is 0.00000364. The first-order chi connectivity index (χ1) is 12.6. The number of nitrogens with two attached hydrogens (primary N) is 1. The van der Waals surface area contributed by atoms with Crippen molar-refractivity contribution in [3.8, 4) is 0 Å². The van der Waals surface area contributed by atoms with Crippen LogP contribution in [0.15, 0.2) is 29.3 Å². The van der Waals surface area contributed by atoms with E-state index in [-0.39, 0.29) is 36.0 Å². The third kappa shape index (κ3) is 7.65. The minimum absolute atomic E-state index is 0. The molecule has 2 rings (SSSR count). The minimum atomic E-state index is -0.427. The van der Waals surface area contributed by atoms with Crippen molar-refractivity contribution in [2.45, 2.75) is 52.0 Å². The van der Waals surface area contributed by atoms with E-state index in [1.807, 2.05) is 19.1 Å². The van der Waals surface area contributed by atoms with E-state index >= 15 is 0 Å². The number of aliphatic hydroxyl groups is 1. The highest BCUT2D eigenvalue weighted by Crippen LogP contribution is 2.38. The highest BCUT2D eigenvalue weighted by Gasteiger charge is 2.31. The smallest absolute Gasteiger partial charge is 0.248 e. The van der Waals surface area contributed by atoms with Gasteiger partial charge >= 0.3 is 0 Å². The van der Waals surface area contributed by atoms with Gasteiger partial charge in [-0.1, -0.05) is 31.4 Å². The van der Waals surface area contributed by atoms with Gasteiger partial charge in [-0.25, -0.2) is 4.99 Å². The summed E-state index contributed by atoms with van der Waals surface area (Å²) < 4.78 is 0. The molecular weight excluding hydrogens is 455 g/mol. The quantitative estimate of drug-likeness (QED) is 0.257. The van der Waals surface area contributed by atoms with Gasteiger partial charge in [-0.3, -0.25) is 4.79 Å². The Hall–Kier alpha value is -1.35. The zero-order chi connectivity index (χ0) is 18.8. The molecule has 0 spiro atoms. The number of halogens is 1. The molecule has 0 radical (unpaired) electrons. The molecule has 0 unspecified atom stereocenters. The summed E-state index contributed by atoms with van der Waals surface area (Å²) in [5.74, 6) is 0.337. The first-order valence-electron chi connectivity index (χ1n) is 9.60. The molecular formula is C20H33IN4O2. The van der Waals surface area contributed by atoms with Gasteiger partial charge in [0.05, 0.1) is 6.54 Å². The number of carbonyl (C=O) groups excluding carboxylic acids is 1. The molecule has 27 heavy (non-hydrogen) atoms. The van der Waals surface area contributed by atoms with Crippen LogP contribution in [0.4, 0.5) is 0 Å². The van der Waals surface area contributed by atoms with Crippen LogP contribution in [0, 0.1) is 5.41 Å². The topological polar surface area (TPSA) is 99.7 Å². The van der Waals surface area contributed by atoms with E-state index in [9.17, 15) is 9.90 Å². The fourth-order valence-corrected chi connectivity index (χ4v) is 3.66. The number of benzene rings is 1. The Morgan fingerprint density at radius 2 is 2.00 bits per heavy atom. The van der Waals surface area contributed by atoms with Crippen LogP contribution in [0.3, 0.4) is 0 Å². The Bertz CT molecular complexity index is 610. The third-order valence-electron chi connectivity index (χ3n) is 5.16. The second-order valence-corrected chi connectivity index (χ2v) is 7.15. The lowest BCUT2D eigenvalue weighted by Gasteiger charge is -2.37. The van der Waals surface area contributed by atoms with Gasteiger partial charge in [0.2, 0.25) is 5.91 Å². The summed E-state index contributed by atoms with van der Waals surface area (Å²) >= 11 is 0. The van der Waals surface area contributed by atoms with Crippen LogP contribution < -0.4 is 16.4 Å². The van der Waals surface area contributed by atoms with Crippen LogP contribution in [0.5, 0.6) is 0 Å². The number of hydrogen-bond donors (Lipinski definition) is 4. The van der Waals surface area contributed by atoms with E-state index in [1.54, 1.807) is 12.1 Å². The number of carbonyl (C=O) groups is 1. The average Bonchev–Trinajstić information content (AvgIpc) is 2.65. The van der Waals surface area contributed by atoms with Crippen LogP contribution in [0.1, 0.15) is 61.4 Å². The molecule has 0 atom stereocenters. The Morgan fingerprint density at radius 1 is 1.26 bits per heavy atom.